The van der Waals surface area contributed by atoms with E-state index < -0.39 is 5.91 Å². The fourth-order valence-corrected chi connectivity index (χ4v) is 5.44. The Bertz CT molecular complexity index is 1830. The molecule has 0 bridgehead atoms. The van der Waals surface area contributed by atoms with Gasteiger partial charge in [0.25, 0.3) is 11.5 Å². The van der Waals surface area contributed by atoms with Gasteiger partial charge in [0.1, 0.15) is 0 Å². The van der Waals surface area contributed by atoms with Crippen molar-refractivity contribution in [1.82, 2.24) is 19.8 Å². The number of aromatic hydroxyl groups is 1. The maximum atomic E-state index is 13.7. The first-order valence-electron chi connectivity index (χ1n) is 13.9. The van der Waals surface area contributed by atoms with Gasteiger partial charge in [0.15, 0.2) is 28.1 Å². The van der Waals surface area contributed by atoms with Crippen molar-refractivity contribution >= 4 is 40.4 Å². The molecule has 3 aromatic rings. The van der Waals surface area contributed by atoms with Gasteiger partial charge in [-0.1, -0.05) is 24.3 Å². The summed E-state index contributed by atoms with van der Waals surface area (Å²) in [5.41, 5.74) is 5.32. The average Bonchev–Trinajstić information content (AvgIpc) is 3.42. The van der Waals surface area contributed by atoms with Crippen LogP contribution in [0.1, 0.15) is 25.1 Å². The molecular formula is C32H31N5O6S. The number of hydrazine groups is 1. The van der Waals surface area contributed by atoms with Crippen LogP contribution < -0.4 is 15.7 Å². The zero-order valence-electron chi connectivity index (χ0n) is 24.6. The second kappa shape index (κ2) is 13.0. The third-order valence-corrected chi connectivity index (χ3v) is 7.72. The van der Waals surface area contributed by atoms with E-state index in [2.05, 4.69) is 5.43 Å². The molecule has 0 radical (unpaired) electrons. The standard InChI is InChI=1S/C32H31N5O6S/c1-5-42-26-16-21(12-14-24(26)38)18-28-30(40)36(33-19-22-13-15-25(39)27(17-22)43-6-2)32(44-28)34-29-20(3)35(4)37(31(29)41)23-10-8-7-9-11-23/h7-19,33,38H,5-6H2,1-4H3. The molecule has 0 saturated carbocycles. The minimum Gasteiger partial charge on any atom is -0.504 e. The molecule has 0 unspecified atom stereocenters. The van der Waals surface area contributed by atoms with Crippen molar-refractivity contribution in [3.05, 3.63) is 111 Å². The Hall–Kier alpha value is -5.23. The van der Waals surface area contributed by atoms with Gasteiger partial charge >= 0.3 is 0 Å². The predicted octanol–water partition coefficient (Wildman–Crippen LogP) is 4.64. The monoisotopic (exact) mass is 613 g/mol. The number of carbonyl (C=O) groups excluding carboxylic acids is 2. The Morgan fingerprint density at radius 3 is 2.50 bits per heavy atom. The van der Waals surface area contributed by atoms with E-state index in [-0.39, 0.29) is 33.7 Å². The summed E-state index contributed by atoms with van der Waals surface area (Å²) in [6, 6.07) is 14.0. The smallest absolute Gasteiger partial charge is 0.297 e. The second-order valence-electron chi connectivity index (χ2n) is 9.63. The van der Waals surface area contributed by atoms with Crippen LogP contribution in [0.25, 0.3) is 11.8 Å². The predicted molar refractivity (Wildman–Crippen MR) is 170 cm³/mol. The number of allylic oxidation sites excluding steroid dienone is 4. The van der Waals surface area contributed by atoms with Crippen molar-refractivity contribution in [3.63, 3.8) is 0 Å². The van der Waals surface area contributed by atoms with Crippen molar-refractivity contribution in [2.45, 2.75) is 20.8 Å². The quantitative estimate of drug-likeness (QED) is 0.334. The fourth-order valence-electron chi connectivity index (χ4n) is 4.51. The Balaban J connectivity index is 1.56. The van der Waals surface area contributed by atoms with Crippen LogP contribution in [0, 0.1) is 6.92 Å². The molecule has 2 N–H and O–H groups in total. The van der Waals surface area contributed by atoms with Crippen LogP contribution in [0.4, 0.5) is 5.69 Å². The molecule has 44 heavy (non-hydrogen) atoms. The highest BCUT2D eigenvalue weighted by molar-refractivity contribution is 8.18. The van der Waals surface area contributed by atoms with Crippen LogP contribution in [-0.4, -0.2) is 49.6 Å². The van der Waals surface area contributed by atoms with Crippen LogP contribution in [-0.2, 0) is 21.4 Å². The van der Waals surface area contributed by atoms with Gasteiger partial charge in [-0.05, 0) is 92.2 Å². The van der Waals surface area contributed by atoms with Gasteiger partial charge in [0.2, 0.25) is 5.78 Å². The number of hydrogen-bond acceptors (Lipinski definition) is 9. The van der Waals surface area contributed by atoms with E-state index in [4.69, 9.17) is 14.5 Å². The summed E-state index contributed by atoms with van der Waals surface area (Å²) in [7, 11) is 1.77. The number of rotatable bonds is 9. The number of aliphatic imine (C=N–C) groups is 1. The van der Waals surface area contributed by atoms with Crippen LogP contribution in [0.3, 0.4) is 0 Å². The lowest BCUT2D eigenvalue weighted by molar-refractivity contribution is -0.123. The molecule has 2 aromatic carbocycles. The molecule has 1 amide bonds. The van der Waals surface area contributed by atoms with Crippen molar-refractivity contribution < 1.29 is 24.2 Å². The summed E-state index contributed by atoms with van der Waals surface area (Å²) in [5.74, 6) is -0.192. The Morgan fingerprint density at radius 1 is 1.02 bits per heavy atom. The Morgan fingerprint density at radius 2 is 1.77 bits per heavy atom. The molecule has 1 aliphatic heterocycles. The minimum absolute atomic E-state index is 0.00989. The van der Waals surface area contributed by atoms with Gasteiger partial charge in [0, 0.05) is 13.2 Å². The average molecular weight is 614 g/mol. The van der Waals surface area contributed by atoms with E-state index in [0.29, 0.717) is 46.4 Å². The number of amides is 1. The SMILES string of the molecule is CCOC1=CC(=CNN2C(=O)C(=Cc3ccc(O)c(OCC)c3)SC2=Nc2c(C)n(C)n(-c3ccccc3)c2=O)C=CC1=O. The van der Waals surface area contributed by atoms with Crippen LogP contribution >= 0.6 is 11.8 Å². The summed E-state index contributed by atoms with van der Waals surface area (Å²) in [5, 5.41) is 11.6. The third-order valence-electron chi connectivity index (χ3n) is 6.75. The number of aromatic nitrogens is 2. The lowest BCUT2D eigenvalue weighted by Crippen LogP contribution is -2.39. The first kappa shape index (κ1) is 30.2. The number of amidine groups is 1. The van der Waals surface area contributed by atoms with Gasteiger partial charge in [-0.15, -0.1) is 0 Å². The van der Waals surface area contributed by atoms with E-state index in [1.165, 1.54) is 21.8 Å². The summed E-state index contributed by atoms with van der Waals surface area (Å²) in [4.78, 5) is 44.5. The largest absolute Gasteiger partial charge is 0.504 e. The number of nitrogens with one attached hydrogen (secondary N) is 1. The first-order valence-corrected chi connectivity index (χ1v) is 14.7. The van der Waals surface area contributed by atoms with Gasteiger partial charge in [-0.25, -0.2) is 9.67 Å². The molecule has 1 saturated heterocycles. The third kappa shape index (κ3) is 6.11. The van der Waals surface area contributed by atoms with Crippen LogP contribution in [0.5, 0.6) is 11.5 Å². The van der Waals surface area contributed by atoms with Gasteiger partial charge < -0.3 is 14.6 Å². The molecule has 2 heterocycles. The number of para-hydroxylation sites is 1. The van der Waals surface area contributed by atoms with E-state index in [0.717, 1.165) is 11.8 Å². The number of ketones is 1. The lowest BCUT2D eigenvalue weighted by Gasteiger charge is -2.16. The lowest BCUT2D eigenvalue weighted by atomic mass is 10.1. The van der Waals surface area contributed by atoms with Crippen molar-refractivity contribution in [2.75, 3.05) is 13.2 Å². The normalized spacial score (nSPS) is 17.6. The summed E-state index contributed by atoms with van der Waals surface area (Å²) in [6.45, 7) is 6.07. The number of phenolic OH excluding ortho intramolecular Hbond substituents is 1. The molecule has 1 fully saturated rings. The second-order valence-corrected chi connectivity index (χ2v) is 10.6. The molecule has 11 nitrogen and oxygen atoms in total. The number of hydrogen-bond donors (Lipinski definition) is 2. The fraction of sp³-hybridized carbons (Fsp3) is 0.188. The minimum atomic E-state index is -0.418. The zero-order valence-corrected chi connectivity index (χ0v) is 25.4. The number of carbonyl (C=O) groups is 2. The first-order chi connectivity index (χ1) is 21.2. The number of benzene rings is 2. The molecule has 12 heteroatoms. The zero-order chi connectivity index (χ0) is 31.4. The van der Waals surface area contributed by atoms with Gasteiger partial charge in [-0.2, -0.15) is 5.01 Å². The van der Waals surface area contributed by atoms with E-state index in [1.54, 1.807) is 62.1 Å². The van der Waals surface area contributed by atoms with Crippen molar-refractivity contribution in [1.29, 1.82) is 0 Å². The topological polar surface area (TPSA) is 127 Å². The van der Waals surface area contributed by atoms with Crippen LogP contribution in [0.2, 0.25) is 0 Å². The number of ether oxygens (including phenoxy) is 2. The Kier molecular flexibility index (Phi) is 8.91. The molecule has 5 rings (SSSR count). The summed E-state index contributed by atoms with van der Waals surface area (Å²) >= 11 is 1.09. The maximum Gasteiger partial charge on any atom is 0.297 e. The van der Waals surface area contributed by atoms with E-state index in [9.17, 15) is 19.5 Å². The van der Waals surface area contributed by atoms with Crippen molar-refractivity contribution in [2.24, 2.45) is 12.0 Å². The molecule has 1 aromatic heterocycles. The number of thioether (sulfide) groups is 1. The van der Waals surface area contributed by atoms with Crippen molar-refractivity contribution in [3.8, 4) is 17.2 Å². The van der Waals surface area contributed by atoms with Gasteiger partial charge in [-0.3, -0.25) is 24.5 Å². The van der Waals surface area contributed by atoms with E-state index >= 15 is 0 Å². The van der Waals surface area contributed by atoms with E-state index in [1.807, 2.05) is 37.3 Å². The molecule has 0 atom stereocenters. The molecule has 0 spiro atoms. The summed E-state index contributed by atoms with van der Waals surface area (Å²) in [6.07, 6.45) is 7.77. The molecule has 2 aliphatic rings. The highest BCUT2D eigenvalue weighted by Crippen LogP contribution is 2.35. The summed E-state index contributed by atoms with van der Waals surface area (Å²) < 4.78 is 14.1. The molecular weight excluding hydrogens is 582 g/mol. The number of nitrogens with zero attached hydrogens (tertiary/aromatic N) is 4. The highest BCUT2D eigenvalue weighted by atomic mass is 32.2. The number of phenols is 1. The molecule has 1 aliphatic carbocycles. The van der Waals surface area contributed by atoms with Gasteiger partial charge in [0.05, 0.1) is 29.5 Å². The molecule has 226 valence electrons. The maximum absolute atomic E-state index is 13.7. The van der Waals surface area contributed by atoms with Crippen LogP contribution in [0.15, 0.2) is 99.0 Å². The highest BCUT2D eigenvalue weighted by Gasteiger charge is 2.34. The Labute approximate surface area is 258 Å².